The van der Waals surface area contributed by atoms with E-state index >= 15 is 0 Å². The summed E-state index contributed by atoms with van der Waals surface area (Å²) in [6.45, 7) is 3.04. The molecule has 1 fully saturated rings. The molecular formula is C12H15N3O2. The second-order valence-corrected chi connectivity index (χ2v) is 4.09. The molecule has 90 valence electrons. The van der Waals surface area contributed by atoms with Crippen molar-refractivity contribution in [3.05, 3.63) is 29.6 Å². The lowest BCUT2D eigenvalue weighted by atomic mass is 10.1. The van der Waals surface area contributed by atoms with E-state index in [1.165, 1.54) is 0 Å². The number of nitrogens with zero attached hydrogens (tertiary/aromatic N) is 3. The molecule has 1 aromatic heterocycles. The summed E-state index contributed by atoms with van der Waals surface area (Å²) in [5.74, 6) is 0.00703. The van der Waals surface area contributed by atoms with Crippen molar-refractivity contribution in [2.45, 2.75) is 19.8 Å². The second-order valence-electron chi connectivity index (χ2n) is 4.09. The van der Waals surface area contributed by atoms with Crippen LogP contribution in [0.2, 0.25) is 0 Å². The normalized spacial score (nSPS) is 15.8. The van der Waals surface area contributed by atoms with E-state index in [0.29, 0.717) is 31.5 Å². The predicted molar refractivity (Wildman–Crippen MR) is 63.3 cm³/mol. The zero-order valence-electron chi connectivity index (χ0n) is 9.76. The lowest BCUT2D eigenvalue weighted by Gasteiger charge is -2.27. The molecule has 2 heterocycles. The Morgan fingerprint density at radius 1 is 1.47 bits per heavy atom. The van der Waals surface area contributed by atoms with Crippen LogP contribution in [-0.4, -0.2) is 39.8 Å². The largest absolute Gasteiger partial charge is 0.411 e. The van der Waals surface area contributed by atoms with Gasteiger partial charge in [0, 0.05) is 37.8 Å². The number of hydrogen-bond donors (Lipinski definition) is 1. The van der Waals surface area contributed by atoms with Gasteiger partial charge in [-0.05, 0) is 19.1 Å². The van der Waals surface area contributed by atoms with Crippen LogP contribution in [0.15, 0.2) is 23.5 Å². The monoisotopic (exact) mass is 233 g/mol. The van der Waals surface area contributed by atoms with Crippen LogP contribution in [0.4, 0.5) is 0 Å². The molecule has 0 atom stereocenters. The highest BCUT2D eigenvalue weighted by atomic mass is 16.4. The highest BCUT2D eigenvalue weighted by molar-refractivity contribution is 5.96. The number of carbonyl (C=O) groups excluding carboxylic acids is 1. The molecular weight excluding hydrogens is 218 g/mol. The maximum atomic E-state index is 12.2. The van der Waals surface area contributed by atoms with Crippen LogP contribution in [0, 0.1) is 6.92 Å². The third kappa shape index (κ3) is 2.43. The Morgan fingerprint density at radius 3 is 2.76 bits per heavy atom. The molecule has 1 N–H and O–H groups in total. The maximum absolute atomic E-state index is 12.2. The summed E-state index contributed by atoms with van der Waals surface area (Å²) >= 11 is 0. The Balaban J connectivity index is 2.10. The number of likely N-dealkylation sites (tertiary alicyclic amines) is 1. The van der Waals surface area contributed by atoms with Crippen LogP contribution in [0.3, 0.4) is 0 Å². The molecule has 0 bridgehead atoms. The number of amides is 1. The highest BCUT2D eigenvalue weighted by Crippen LogP contribution is 2.13. The number of carbonyl (C=O) groups is 1. The summed E-state index contributed by atoms with van der Waals surface area (Å²) in [5, 5.41) is 11.8. The number of aromatic nitrogens is 1. The van der Waals surface area contributed by atoms with Crippen LogP contribution in [0.5, 0.6) is 0 Å². The first-order chi connectivity index (χ1) is 8.22. The third-order valence-corrected chi connectivity index (χ3v) is 3.01. The number of oxime groups is 1. The SMILES string of the molecule is Cc1ncccc1C(=O)N1CCC(=NO)CC1. The lowest BCUT2D eigenvalue weighted by Crippen LogP contribution is -2.39. The molecule has 1 aromatic rings. The van der Waals surface area contributed by atoms with Crippen molar-refractivity contribution in [3.63, 3.8) is 0 Å². The lowest BCUT2D eigenvalue weighted by molar-refractivity contribution is 0.0752. The Labute approximate surface area is 99.8 Å². The molecule has 1 aliphatic rings. The number of aryl methyl sites for hydroxylation is 1. The van der Waals surface area contributed by atoms with Crippen molar-refractivity contribution in [1.29, 1.82) is 0 Å². The van der Waals surface area contributed by atoms with Gasteiger partial charge in [-0.15, -0.1) is 0 Å². The van der Waals surface area contributed by atoms with Gasteiger partial charge >= 0.3 is 0 Å². The van der Waals surface area contributed by atoms with E-state index in [1.54, 1.807) is 23.2 Å². The van der Waals surface area contributed by atoms with Crippen molar-refractivity contribution in [1.82, 2.24) is 9.88 Å². The summed E-state index contributed by atoms with van der Waals surface area (Å²) in [7, 11) is 0. The molecule has 0 spiro atoms. The van der Waals surface area contributed by atoms with Gasteiger partial charge in [0.2, 0.25) is 0 Å². The zero-order valence-corrected chi connectivity index (χ0v) is 9.76. The Bertz CT molecular complexity index is 447. The van der Waals surface area contributed by atoms with Crippen LogP contribution in [-0.2, 0) is 0 Å². The van der Waals surface area contributed by atoms with E-state index in [0.717, 1.165) is 11.4 Å². The van der Waals surface area contributed by atoms with Gasteiger partial charge in [-0.2, -0.15) is 0 Å². The predicted octanol–water partition coefficient (Wildman–Crippen LogP) is 1.46. The first-order valence-electron chi connectivity index (χ1n) is 5.63. The van der Waals surface area contributed by atoms with Crippen molar-refractivity contribution in [2.75, 3.05) is 13.1 Å². The van der Waals surface area contributed by atoms with Crippen LogP contribution < -0.4 is 0 Å². The van der Waals surface area contributed by atoms with Crippen molar-refractivity contribution in [3.8, 4) is 0 Å². The van der Waals surface area contributed by atoms with Gasteiger partial charge in [-0.25, -0.2) is 0 Å². The molecule has 0 radical (unpaired) electrons. The van der Waals surface area contributed by atoms with Crippen LogP contribution >= 0.6 is 0 Å². The van der Waals surface area contributed by atoms with Gasteiger partial charge in [0.05, 0.1) is 11.3 Å². The molecule has 0 aromatic carbocycles. The van der Waals surface area contributed by atoms with Gasteiger partial charge in [0.15, 0.2) is 0 Å². The summed E-state index contributed by atoms with van der Waals surface area (Å²) in [5.41, 5.74) is 2.16. The Kier molecular flexibility index (Phi) is 3.37. The average Bonchev–Trinajstić information content (AvgIpc) is 2.39. The highest BCUT2D eigenvalue weighted by Gasteiger charge is 2.22. The molecule has 5 heteroatoms. The first kappa shape index (κ1) is 11.6. The van der Waals surface area contributed by atoms with Crippen molar-refractivity contribution >= 4 is 11.6 Å². The minimum Gasteiger partial charge on any atom is -0.411 e. The fourth-order valence-electron chi connectivity index (χ4n) is 1.95. The minimum absolute atomic E-state index is 0.00703. The van der Waals surface area contributed by atoms with E-state index in [9.17, 15) is 4.79 Å². The number of rotatable bonds is 1. The van der Waals surface area contributed by atoms with Crippen LogP contribution in [0.1, 0.15) is 28.9 Å². The zero-order chi connectivity index (χ0) is 12.3. The summed E-state index contributed by atoms with van der Waals surface area (Å²) in [6.07, 6.45) is 2.96. The molecule has 0 unspecified atom stereocenters. The number of piperidine rings is 1. The average molecular weight is 233 g/mol. The Hall–Kier alpha value is -1.91. The van der Waals surface area contributed by atoms with E-state index in [1.807, 2.05) is 6.92 Å². The quantitative estimate of drug-likeness (QED) is 0.590. The number of hydrogen-bond acceptors (Lipinski definition) is 4. The minimum atomic E-state index is 0.00703. The fourth-order valence-corrected chi connectivity index (χ4v) is 1.95. The van der Waals surface area contributed by atoms with Crippen molar-refractivity contribution < 1.29 is 10.0 Å². The molecule has 0 saturated carbocycles. The first-order valence-corrected chi connectivity index (χ1v) is 5.63. The molecule has 1 amide bonds. The molecule has 2 rings (SSSR count). The van der Waals surface area contributed by atoms with E-state index < -0.39 is 0 Å². The molecule has 1 aliphatic heterocycles. The second kappa shape index (κ2) is 4.95. The van der Waals surface area contributed by atoms with E-state index in [2.05, 4.69) is 10.1 Å². The van der Waals surface area contributed by atoms with Gasteiger partial charge in [0.1, 0.15) is 0 Å². The van der Waals surface area contributed by atoms with Crippen molar-refractivity contribution in [2.24, 2.45) is 5.16 Å². The molecule has 1 saturated heterocycles. The smallest absolute Gasteiger partial charge is 0.255 e. The third-order valence-electron chi connectivity index (χ3n) is 3.01. The Morgan fingerprint density at radius 2 is 2.18 bits per heavy atom. The van der Waals surface area contributed by atoms with Crippen LogP contribution in [0.25, 0.3) is 0 Å². The standard InChI is InChI=1S/C12H15N3O2/c1-9-11(3-2-6-13-9)12(16)15-7-4-10(14-17)5-8-15/h2-3,6,17H,4-5,7-8H2,1H3. The summed E-state index contributed by atoms with van der Waals surface area (Å²) in [4.78, 5) is 18.1. The van der Waals surface area contributed by atoms with E-state index in [4.69, 9.17) is 5.21 Å². The summed E-state index contributed by atoms with van der Waals surface area (Å²) < 4.78 is 0. The topological polar surface area (TPSA) is 65.8 Å². The van der Waals surface area contributed by atoms with Gasteiger partial charge < -0.3 is 10.1 Å². The fraction of sp³-hybridized carbons (Fsp3) is 0.417. The maximum Gasteiger partial charge on any atom is 0.255 e. The molecule has 0 aliphatic carbocycles. The van der Waals surface area contributed by atoms with Gasteiger partial charge in [-0.1, -0.05) is 5.16 Å². The number of pyridine rings is 1. The van der Waals surface area contributed by atoms with Gasteiger partial charge in [0.25, 0.3) is 5.91 Å². The molecule has 5 nitrogen and oxygen atoms in total. The van der Waals surface area contributed by atoms with Gasteiger partial charge in [-0.3, -0.25) is 9.78 Å². The van der Waals surface area contributed by atoms with E-state index in [-0.39, 0.29) is 5.91 Å². The summed E-state index contributed by atoms with van der Waals surface area (Å²) in [6, 6.07) is 3.56. The molecule has 17 heavy (non-hydrogen) atoms.